The number of hydrogen-bond donors (Lipinski definition) is 0. The third-order valence-corrected chi connectivity index (χ3v) is 9.20. The van der Waals surface area contributed by atoms with Gasteiger partial charge in [0.25, 0.3) is 20.0 Å². The second kappa shape index (κ2) is 9.93. The summed E-state index contributed by atoms with van der Waals surface area (Å²) in [6.45, 7) is 7.40. The molecule has 0 bridgehead atoms. The molecule has 0 heterocycles. The van der Waals surface area contributed by atoms with E-state index in [0.717, 1.165) is 18.9 Å². The molecule has 1 unspecified atom stereocenters. The molecule has 0 spiro atoms. The van der Waals surface area contributed by atoms with Crippen molar-refractivity contribution in [2.24, 2.45) is 0 Å². The van der Waals surface area contributed by atoms with Crippen LogP contribution in [0.5, 0.6) is 0 Å². The maximum Gasteiger partial charge on any atom is 0.389 e. The smallest absolute Gasteiger partial charge is 0.389 e. The Morgan fingerprint density at radius 1 is 1.53 bits per heavy atom. The Balaban J connectivity index is 4.17. The first-order chi connectivity index (χ1) is 8.08. The van der Waals surface area contributed by atoms with Gasteiger partial charge in [0.05, 0.1) is 0 Å². The van der Waals surface area contributed by atoms with Crippen molar-refractivity contribution in [3.05, 3.63) is 12.7 Å². The van der Waals surface area contributed by atoms with E-state index in [9.17, 15) is 4.79 Å². The zero-order valence-electron chi connectivity index (χ0n) is 10.9. The van der Waals surface area contributed by atoms with E-state index in [0.29, 0.717) is 10.5 Å². The van der Waals surface area contributed by atoms with E-state index >= 15 is 0 Å². The minimum Gasteiger partial charge on any atom is -0.492 e. The van der Waals surface area contributed by atoms with Crippen LogP contribution < -0.4 is 0 Å². The lowest BCUT2D eigenvalue weighted by Crippen LogP contribution is -2.42. The van der Waals surface area contributed by atoms with E-state index in [4.69, 9.17) is 16.8 Å². The molecule has 0 aliphatic rings. The molecule has 0 amide bonds. The molecule has 0 saturated heterocycles. The first-order valence-corrected chi connectivity index (χ1v) is 11.3. The normalized spacial score (nSPS) is 15.6. The Hall–Kier alpha value is -0.0425. The lowest BCUT2D eigenvalue weighted by Gasteiger charge is -2.26. The van der Waals surface area contributed by atoms with Gasteiger partial charge in [0, 0.05) is 12.1 Å². The fourth-order valence-electron chi connectivity index (χ4n) is 1.19. The third kappa shape index (κ3) is 8.65. The van der Waals surface area contributed by atoms with Crippen molar-refractivity contribution in [1.82, 2.24) is 0 Å². The summed E-state index contributed by atoms with van der Waals surface area (Å²) in [6.07, 6.45) is 3.23. The van der Waals surface area contributed by atoms with Crippen LogP contribution >= 0.6 is 0 Å². The summed E-state index contributed by atoms with van der Waals surface area (Å²) in [5.74, 6) is -0.402. The largest absolute Gasteiger partial charge is 0.492 e. The maximum atomic E-state index is 11.3. The third-order valence-electron chi connectivity index (χ3n) is 2.12. The molecule has 0 saturated carbocycles. The molecule has 0 aromatic carbocycles. The Kier molecular flexibility index (Phi) is 9.91. The number of unbranched alkanes of at least 4 members (excludes halogenated alkanes) is 1. The molecule has 17 heavy (non-hydrogen) atoms. The predicted octanol–water partition coefficient (Wildman–Crippen LogP) is -1.08. The Bertz CT molecular complexity index is 240. The molecule has 9 heteroatoms. The highest BCUT2D eigenvalue weighted by Crippen LogP contribution is 2.17. The van der Waals surface area contributed by atoms with Crippen molar-refractivity contribution in [3.63, 3.8) is 0 Å². The van der Waals surface area contributed by atoms with Crippen molar-refractivity contribution in [2.75, 3.05) is 0 Å². The van der Waals surface area contributed by atoms with Crippen LogP contribution in [-0.2, 0) is 21.6 Å². The van der Waals surface area contributed by atoms with E-state index < -0.39 is 34.5 Å². The summed E-state index contributed by atoms with van der Waals surface area (Å²) in [4.78, 5) is 11.3. The van der Waals surface area contributed by atoms with Crippen LogP contribution in [-0.4, -0.2) is 45.0 Å². The first kappa shape index (κ1) is 17.0. The standard InChI is InChI=1S/C8H22O5Si4/c1-4-6-7-17(3,10-8(9)5-2)13-16-12-15-11-14/h5H,2,4,6-7,15-16H2,1,3,14H3. The zero-order valence-corrected chi connectivity index (χ0v) is 16.7. The fraction of sp³-hybridized carbons (Fsp3) is 0.625. The second-order valence-electron chi connectivity index (χ2n) is 3.74. The molecule has 5 nitrogen and oxygen atoms in total. The number of hydrogen-bond acceptors (Lipinski definition) is 5. The average Bonchev–Trinajstić information content (AvgIpc) is 2.32. The summed E-state index contributed by atoms with van der Waals surface area (Å²) < 4.78 is 21.5. The molecular formula is C8H22O5Si4. The maximum absolute atomic E-state index is 11.3. The molecule has 0 aliphatic heterocycles. The van der Waals surface area contributed by atoms with E-state index in [1.807, 2.05) is 6.55 Å². The SMILES string of the molecule is C=CC(=O)O[Si](C)(CCCC)O[SiH2]O[SiH2]O[SiH3]. The lowest BCUT2D eigenvalue weighted by molar-refractivity contribution is -0.130. The monoisotopic (exact) mass is 310 g/mol. The number of rotatable bonds is 10. The Labute approximate surface area is 112 Å². The molecule has 0 rings (SSSR count). The molecular weight excluding hydrogens is 288 g/mol. The number of carbonyl (C=O) groups excluding carboxylic acids is 1. The second-order valence-corrected chi connectivity index (χ2v) is 12.3. The van der Waals surface area contributed by atoms with Gasteiger partial charge in [-0.05, 0) is 6.55 Å². The molecule has 1 atom stereocenters. The first-order valence-electron chi connectivity index (χ1n) is 5.64. The van der Waals surface area contributed by atoms with E-state index in [-0.39, 0.29) is 0 Å². The van der Waals surface area contributed by atoms with Crippen molar-refractivity contribution >= 4 is 45.0 Å². The molecule has 0 radical (unpaired) electrons. The van der Waals surface area contributed by atoms with Gasteiger partial charge >= 0.3 is 14.5 Å². The highest BCUT2D eigenvalue weighted by atomic mass is 28.4. The van der Waals surface area contributed by atoms with Crippen LogP contribution in [0.2, 0.25) is 12.6 Å². The Morgan fingerprint density at radius 3 is 2.76 bits per heavy atom. The summed E-state index contributed by atoms with van der Waals surface area (Å²) in [5, 5.41) is 0. The van der Waals surface area contributed by atoms with Gasteiger partial charge in [-0.25, -0.2) is 4.79 Å². The van der Waals surface area contributed by atoms with Gasteiger partial charge in [0.2, 0.25) is 0 Å². The van der Waals surface area contributed by atoms with Crippen molar-refractivity contribution < 1.29 is 21.6 Å². The van der Waals surface area contributed by atoms with Crippen molar-refractivity contribution in [1.29, 1.82) is 0 Å². The van der Waals surface area contributed by atoms with Gasteiger partial charge in [-0.1, -0.05) is 26.3 Å². The molecule has 100 valence electrons. The highest BCUT2D eigenvalue weighted by Gasteiger charge is 2.34. The summed E-state index contributed by atoms with van der Waals surface area (Å²) in [5.41, 5.74) is 0. The van der Waals surface area contributed by atoms with Gasteiger partial charge < -0.3 is 16.8 Å². The quantitative estimate of drug-likeness (QED) is 0.292. The average molecular weight is 311 g/mol. The van der Waals surface area contributed by atoms with Crippen molar-refractivity contribution in [2.45, 2.75) is 32.4 Å². The summed E-state index contributed by atoms with van der Waals surface area (Å²) >= 11 is 0. The number of carbonyl (C=O) groups is 1. The zero-order chi connectivity index (χ0) is 13.1. The molecule has 0 aromatic rings. The van der Waals surface area contributed by atoms with E-state index in [1.54, 1.807) is 0 Å². The van der Waals surface area contributed by atoms with Crippen LogP contribution in [0.1, 0.15) is 19.8 Å². The molecule has 0 fully saturated rings. The molecule has 0 aliphatic carbocycles. The van der Waals surface area contributed by atoms with Gasteiger partial charge in [-0.2, -0.15) is 0 Å². The summed E-state index contributed by atoms with van der Waals surface area (Å²) in [6, 6.07) is 0.808. The highest BCUT2D eigenvalue weighted by molar-refractivity contribution is 6.71. The predicted molar refractivity (Wildman–Crippen MR) is 77.9 cm³/mol. The minimum absolute atomic E-state index is 0.402. The van der Waals surface area contributed by atoms with Crippen LogP contribution in [0.15, 0.2) is 12.7 Å². The topological polar surface area (TPSA) is 54.0 Å². The fourth-order valence-corrected chi connectivity index (χ4v) is 8.13. The van der Waals surface area contributed by atoms with Crippen molar-refractivity contribution in [3.8, 4) is 0 Å². The minimum atomic E-state index is -2.41. The van der Waals surface area contributed by atoms with Crippen LogP contribution in [0.4, 0.5) is 0 Å². The lowest BCUT2D eigenvalue weighted by atomic mass is 10.4. The van der Waals surface area contributed by atoms with Gasteiger partial charge in [-0.3, -0.25) is 0 Å². The van der Waals surface area contributed by atoms with Gasteiger partial charge in [-0.15, -0.1) is 0 Å². The molecule has 0 aromatic heterocycles. The summed E-state index contributed by atoms with van der Waals surface area (Å²) in [7, 11) is -3.61. The van der Waals surface area contributed by atoms with Gasteiger partial charge in [0.15, 0.2) is 0 Å². The van der Waals surface area contributed by atoms with Crippen LogP contribution in [0.25, 0.3) is 0 Å². The van der Waals surface area contributed by atoms with Gasteiger partial charge in [0.1, 0.15) is 10.5 Å². The van der Waals surface area contributed by atoms with E-state index in [2.05, 4.69) is 13.5 Å². The molecule has 0 N–H and O–H groups in total. The van der Waals surface area contributed by atoms with Crippen LogP contribution in [0, 0.1) is 0 Å². The van der Waals surface area contributed by atoms with E-state index in [1.165, 1.54) is 6.08 Å². The van der Waals surface area contributed by atoms with Crippen LogP contribution in [0.3, 0.4) is 0 Å². The Morgan fingerprint density at radius 2 is 2.24 bits per heavy atom.